The quantitative estimate of drug-likeness (QED) is 0.0805. The molecule has 4 rings (SSSR count). The van der Waals surface area contributed by atoms with Crippen molar-refractivity contribution < 1.29 is 19.2 Å². The molecule has 0 spiro atoms. The molecule has 0 unspecified atom stereocenters. The van der Waals surface area contributed by atoms with Crippen LogP contribution in [0, 0.1) is 0 Å². The monoisotopic (exact) mass is 534 g/mol. The molecule has 0 aromatic heterocycles. The smallest absolute Gasteiger partial charge is 0.243 e. The van der Waals surface area contributed by atoms with E-state index in [0.29, 0.717) is 30.5 Å². The maximum Gasteiger partial charge on any atom is 0.243 e. The normalized spacial score (nSPS) is 11.0. The molecular formula is C34H34N2O4. The summed E-state index contributed by atoms with van der Waals surface area (Å²) in [7, 11) is 0. The van der Waals surface area contributed by atoms with Gasteiger partial charge in [-0.25, -0.2) is 5.48 Å². The van der Waals surface area contributed by atoms with E-state index >= 15 is 0 Å². The molecule has 2 N–H and O–H groups in total. The Morgan fingerprint density at radius 1 is 0.600 bits per heavy atom. The SMILES string of the molecule is O=Cc1ccc(NC(=O)CCCCCCC(=O)NOC(c2ccccc2)(c2ccccc2)c2ccccc2)cc1. The van der Waals surface area contributed by atoms with Gasteiger partial charge in [-0.1, -0.05) is 104 Å². The van der Waals surface area contributed by atoms with Crippen molar-refractivity contribution >= 4 is 23.8 Å². The number of hydrogen-bond donors (Lipinski definition) is 2. The highest BCUT2D eigenvalue weighted by Crippen LogP contribution is 2.39. The summed E-state index contributed by atoms with van der Waals surface area (Å²) in [6, 6.07) is 36.4. The lowest BCUT2D eigenvalue weighted by Gasteiger charge is -2.35. The minimum atomic E-state index is -1.01. The van der Waals surface area contributed by atoms with Crippen molar-refractivity contribution in [3.8, 4) is 0 Å². The molecule has 4 aromatic rings. The Morgan fingerprint density at radius 2 is 1.05 bits per heavy atom. The average Bonchev–Trinajstić information content (AvgIpc) is 3.01. The first-order valence-electron chi connectivity index (χ1n) is 13.6. The van der Waals surface area contributed by atoms with Gasteiger partial charge in [-0.05, 0) is 53.8 Å². The molecule has 40 heavy (non-hydrogen) atoms. The third kappa shape index (κ3) is 7.52. The summed E-state index contributed by atoms with van der Waals surface area (Å²) in [5.74, 6) is -0.257. The molecule has 6 nitrogen and oxygen atoms in total. The lowest BCUT2D eigenvalue weighted by molar-refractivity contribution is -0.143. The minimum Gasteiger partial charge on any atom is -0.326 e. The molecule has 0 bridgehead atoms. The van der Waals surface area contributed by atoms with E-state index in [1.807, 2.05) is 91.0 Å². The summed E-state index contributed by atoms with van der Waals surface area (Å²) in [6.45, 7) is 0. The largest absolute Gasteiger partial charge is 0.326 e. The number of nitrogens with one attached hydrogen (secondary N) is 2. The number of carbonyl (C=O) groups is 3. The van der Waals surface area contributed by atoms with Crippen LogP contribution in [0.2, 0.25) is 0 Å². The highest BCUT2D eigenvalue weighted by molar-refractivity contribution is 5.91. The molecule has 0 aliphatic heterocycles. The molecule has 0 saturated carbocycles. The maximum atomic E-state index is 12.9. The van der Waals surface area contributed by atoms with Crippen LogP contribution < -0.4 is 10.8 Å². The predicted octanol–water partition coefficient (Wildman–Crippen LogP) is 6.82. The van der Waals surface area contributed by atoms with E-state index in [1.54, 1.807) is 24.3 Å². The molecule has 0 heterocycles. The van der Waals surface area contributed by atoms with E-state index < -0.39 is 5.60 Å². The van der Waals surface area contributed by atoms with E-state index in [1.165, 1.54) is 0 Å². The van der Waals surface area contributed by atoms with Crippen molar-refractivity contribution in [1.82, 2.24) is 5.48 Å². The lowest BCUT2D eigenvalue weighted by atomic mass is 9.80. The predicted molar refractivity (Wildman–Crippen MR) is 157 cm³/mol. The zero-order valence-corrected chi connectivity index (χ0v) is 22.4. The van der Waals surface area contributed by atoms with Gasteiger partial charge in [0.1, 0.15) is 6.29 Å². The Morgan fingerprint density at radius 3 is 1.50 bits per heavy atom. The second-order valence-electron chi connectivity index (χ2n) is 9.61. The highest BCUT2D eigenvalue weighted by Gasteiger charge is 2.39. The number of hydroxylamine groups is 1. The second kappa shape index (κ2) is 14.6. The number of rotatable bonds is 14. The number of amides is 2. The van der Waals surface area contributed by atoms with Crippen LogP contribution in [0.4, 0.5) is 5.69 Å². The Labute approximate surface area is 235 Å². The van der Waals surface area contributed by atoms with Gasteiger partial charge in [-0.2, -0.15) is 0 Å². The first kappa shape index (κ1) is 28.5. The molecule has 0 aliphatic rings. The highest BCUT2D eigenvalue weighted by atomic mass is 16.7. The van der Waals surface area contributed by atoms with Crippen LogP contribution >= 0.6 is 0 Å². The summed E-state index contributed by atoms with van der Waals surface area (Å²) in [5.41, 5.74) is 5.69. The Hall–Kier alpha value is -4.55. The maximum absolute atomic E-state index is 12.9. The van der Waals surface area contributed by atoms with Gasteiger partial charge in [-0.15, -0.1) is 0 Å². The van der Waals surface area contributed by atoms with Gasteiger partial charge < -0.3 is 5.32 Å². The lowest BCUT2D eigenvalue weighted by Crippen LogP contribution is -2.40. The summed E-state index contributed by atoms with van der Waals surface area (Å²) in [6.07, 6.45) is 4.59. The van der Waals surface area contributed by atoms with Gasteiger partial charge in [0, 0.05) is 24.1 Å². The number of carbonyl (C=O) groups excluding carboxylic acids is 3. The molecule has 0 aliphatic carbocycles. The summed E-state index contributed by atoms with van der Waals surface area (Å²) in [5, 5.41) is 2.84. The first-order valence-corrected chi connectivity index (χ1v) is 13.6. The summed E-state index contributed by atoms with van der Waals surface area (Å²) < 4.78 is 0. The molecule has 0 radical (unpaired) electrons. The molecule has 4 aromatic carbocycles. The van der Waals surface area contributed by atoms with Crippen molar-refractivity contribution in [2.75, 3.05) is 5.32 Å². The summed E-state index contributed by atoms with van der Waals surface area (Å²) in [4.78, 5) is 42.1. The third-order valence-corrected chi connectivity index (χ3v) is 6.75. The van der Waals surface area contributed by atoms with Crippen LogP contribution in [0.1, 0.15) is 65.6 Å². The topological polar surface area (TPSA) is 84.5 Å². The molecule has 0 atom stereocenters. The van der Waals surface area contributed by atoms with Gasteiger partial charge >= 0.3 is 0 Å². The van der Waals surface area contributed by atoms with Gasteiger partial charge in [0.2, 0.25) is 11.8 Å². The van der Waals surface area contributed by atoms with Crippen molar-refractivity contribution in [2.45, 2.75) is 44.1 Å². The number of unbranched alkanes of at least 4 members (excludes halogenated alkanes) is 3. The van der Waals surface area contributed by atoms with Crippen LogP contribution in [0.25, 0.3) is 0 Å². The van der Waals surface area contributed by atoms with E-state index in [9.17, 15) is 14.4 Å². The van der Waals surface area contributed by atoms with Gasteiger partial charge in [0.15, 0.2) is 5.60 Å². The molecule has 0 saturated heterocycles. The van der Waals surface area contributed by atoms with E-state index in [2.05, 4.69) is 10.8 Å². The van der Waals surface area contributed by atoms with Crippen LogP contribution in [-0.4, -0.2) is 18.1 Å². The standard InChI is InChI=1S/C34H34N2O4/c37-26-27-22-24-31(25-23-27)35-32(38)20-12-1-2-13-21-33(39)36-40-34(28-14-6-3-7-15-28,29-16-8-4-9-17-29)30-18-10-5-11-19-30/h3-11,14-19,22-26H,1-2,12-13,20-21H2,(H,35,38)(H,36,39). The van der Waals surface area contributed by atoms with Gasteiger partial charge in [0.25, 0.3) is 0 Å². The van der Waals surface area contributed by atoms with Crippen LogP contribution in [0.3, 0.4) is 0 Å². The van der Waals surface area contributed by atoms with Crippen LogP contribution in [0.5, 0.6) is 0 Å². The van der Waals surface area contributed by atoms with Crippen molar-refractivity contribution in [1.29, 1.82) is 0 Å². The minimum absolute atomic E-state index is 0.0657. The zero-order chi connectivity index (χ0) is 28.0. The van der Waals surface area contributed by atoms with E-state index in [0.717, 1.165) is 42.2 Å². The Kier molecular flexibility index (Phi) is 10.4. The number of benzene rings is 4. The van der Waals surface area contributed by atoms with E-state index in [4.69, 9.17) is 4.84 Å². The van der Waals surface area contributed by atoms with Crippen LogP contribution in [0.15, 0.2) is 115 Å². The molecule has 0 fully saturated rings. The zero-order valence-electron chi connectivity index (χ0n) is 22.4. The fraction of sp³-hybridized carbons (Fsp3) is 0.206. The Balaban J connectivity index is 1.29. The van der Waals surface area contributed by atoms with Crippen LogP contribution in [-0.2, 0) is 20.0 Å². The van der Waals surface area contributed by atoms with E-state index in [-0.39, 0.29) is 11.8 Å². The number of aldehydes is 1. The fourth-order valence-electron chi connectivity index (χ4n) is 4.67. The molecular weight excluding hydrogens is 500 g/mol. The molecule has 204 valence electrons. The summed E-state index contributed by atoms with van der Waals surface area (Å²) >= 11 is 0. The van der Waals surface area contributed by atoms with Crippen molar-refractivity contribution in [3.63, 3.8) is 0 Å². The number of anilines is 1. The average molecular weight is 535 g/mol. The van der Waals surface area contributed by atoms with Crippen molar-refractivity contribution in [3.05, 3.63) is 138 Å². The number of hydrogen-bond acceptors (Lipinski definition) is 4. The van der Waals surface area contributed by atoms with Gasteiger partial charge in [-0.3, -0.25) is 19.2 Å². The van der Waals surface area contributed by atoms with Gasteiger partial charge in [0.05, 0.1) is 0 Å². The third-order valence-electron chi connectivity index (χ3n) is 6.75. The van der Waals surface area contributed by atoms with Crippen molar-refractivity contribution in [2.24, 2.45) is 0 Å². The fourth-order valence-corrected chi connectivity index (χ4v) is 4.67. The molecule has 2 amide bonds. The second-order valence-corrected chi connectivity index (χ2v) is 9.61. The Bertz CT molecular complexity index is 1260. The first-order chi connectivity index (χ1) is 19.6. The molecule has 6 heteroatoms.